The third-order valence-electron chi connectivity index (χ3n) is 3.13. The van der Waals surface area contributed by atoms with E-state index in [4.69, 9.17) is 9.52 Å². The number of carboxylic acids is 1. The number of hydrogen-bond acceptors (Lipinski definition) is 2. The molecule has 0 amide bonds. The van der Waals surface area contributed by atoms with Gasteiger partial charge in [-0.1, -0.05) is 12.1 Å². The Kier molecular flexibility index (Phi) is 2.63. The Labute approximate surface area is 109 Å². The molecule has 4 nitrogen and oxygen atoms in total. The van der Waals surface area contributed by atoms with E-state index in [9.17, 15) is 4.79 Å². The molecule has 3 aromatic rings. The first kappa shape index (κ1) is 11.6. The minimum Gasteiger partial charge on any atom is -0.475 e. The summed E-state index contributed by atoms with van der Waals surface area (Å²) < 4.78 is 7.33. The molecule has 0 radical (unpaired) electrons. The molecule has 0 unspecified atom stereocenters. The lowest BCUT2D eigenvalue weighted by molar-refractivity contribution is 0.0660. The number of furan rings is 1. The molecule has 0 aliphatic carbocycles. The van der Waals surface area contributed by atoms with Crippen molar-refractivity contribution in [2.45, 2.75) is 13.5 Å². The zero-order valence-electron chi connectivity index (χ0n) is 10.5. The SMILES string of the molecule is Cc1ccc2ccn(Cc3ccc(C(=O)O)o3)c2c1. The summed E-state index contributed by atoms with van der Waals surface area (Å²) in [5.74, 6) is -0.432. The van der Waals surface area contributed by atoms with E-state index in [1.165, 1.54) is 11.6 Å². The first-order valence-electron chi connectivity index (χ1n) is 6.01. The normalized spacial score (nSPS) is 11.0. The molecule has 0 spiro atoms. The number of fused-ring (bicyclic) bond motifs is 1. The lowest BCUT2D eigenvalue weighted by Gasteiger charge is -2.03. The minimum atomic E-state index is -1.04. The van der Waals surface area contributed by atoms with Crippen LogP contribution in [0.1, 0.15) is 21.9 Å². The van der Waals surface area contributed by atoms with Crippen molar-refractivity contribution in [1.82, 2.24) is 4.57 Å². The average Bonchev–Trinajstić information content (AvgIpc) is 2.98. The van der Waals surface area contributed by atoms with Crippen molar-refractivity contribution >= 4 is 16.9 Å². The van der Waals surface area contributed by atoms with Crippen molar-refractivity contribution in [2.24, 2.45) is 0 Å². The molecule has 0 bridgehead atoms. The Morgan fingerprint density at radius 2 is 2.11 bits per heavy atom. The predicted molar refractivity (Wildman–Crippen MR) is 71.4 cm³/mol. The zero-order valence-corrected chi connectivity index (χ0v) is 10.5. The van der Waals surface area contributed by atoms with E-state index in [-0.39, 0.29) is 5.76 Å². The average molecular weight is 255 g/mol. The van der Waals surface area contributed by atoms with E-state index in [1.807, 2.05) is 23.8 Å². The molecule has 0 aliphatic rings. The van der Waals surface area contributed by atoms with Crippen LogP contribution in [0.15, 0.2) is 47.0 Å². The van der Waals surface area contributed by atoms with Crippen LogP contribution in [-0.4, -0.2) is 15.6 Å². The van der Waals surface area contributed by atoms with Crippen LogP contribution in [0.5, 0.6) is 0 Å². The van der Waals surface area contributed by atoms with Gasteiger partial charge in [-0.25, -0.2) is 4.79 Å². The number of rotatable bonds is 3. The highest BCUT2D eigenvalue weighted by Crippen LogP contribution is 2.19. The highest BCUT2D eigenvalue weighted by Gasteiger charge is 2.10. The highest BCUT2D eigenvalue weighted by molar-refractivity contribution is 5.84. The molecule has 19 heavy (non-hydrogen) atoms. The first-order valence-corrected chi connectivity index (χ1v) is 6.01. The summed E-state index contributed by atoms with van der Waals surface area (Å²) in [7, 11) is 0. The third kappa shape index (κ3) is 2.12. The zero-order chi connectivity index (χ0) is 13.4. The van der Waals surface area contributed by atoms with E-state index < -0.39 is 5.97 Å². The molecular formula is C15H13NO3. The molecule has 0 saturated carbocycles. The highest BCUT2D eigenvalue weighted by atomic mass is 16.4. The largest absolute Gasteiger partial charge is 0.475 e. The van der Waals surface area contributed by atoms with Crippen molar-refractivity contribution in [3.8, 4) is 0 Å². The number of carbonyl (C=O) groups is 1. The van der Waals surface area contributed by atoms with Gasteiger partial charge in [-0.05, 0) is 42.1 Å². The third-order valence-corrected chi connectivity index (χ3v) is 3.13. The Hall–Kier alpha value is -2.49. The van der Waals surface area contributed by atoms with Crippen LogP contribution in [-0.2, 0) is 6.54 Å². The van der Waals surface area contributed by atoms with Crippen molar-refractivity contribution in [1.29, 1.82) is 0 Å². The van der Waals surface area contributed by atoms with E-state index >= 15 is 0 Å². The van der Waals surface area contributed by atoms with Gasteiger partial charge in [0.25, 0.3) is 0 Å². The molecule has 2 aromatic heterocycles. The molecule has 0 aliphatic heterocycles. The van der Waals surface area contributed by atoms with E-state index in [0.29, 0.717) is 12.3 Å². The number of benzene rings is 1. The molecule has 1 aromatic carbocycles. The Morgan fingerprint density at radius 1 is 1.26 bits per heavy atom. The van der Waals surface area contributed by atoms with Crippen LogP contribution in [0, 0.1) is 6.92 Å². The maximum absolute atomic E-state index is 10.8. The number of aromatic carboxylic acids is 1. The smallest absolute Gasteiger partial charge is 0.371 e. The Balaban J connectivity index is 1.96. The maximum Gasteiger partial charge on any atom is 0.371 e. The van der Waals surface area contributed by atoms with Crippen LogP contribution >= 0.6 is 0 Å². The van der Waals surface area contributed by atoms with Gasteiger partial charge >= 0.3 is 5.97 Å². The second-order valence-corrected chi connectivity index (χ2v) is 4.58. The molecule has 0 fully saturated rings. The van der Waals surface area contributed by atoms with Gasteiger partial charge in [0, 0.05) is 11.7 Å². The number of aryl methyl sites for hydroxylation is 1. The van der Waals surface area contributed by atoms with Crippen molar-refractivity contribution in [2.75, 3.05) is 0 Å². The summed E-state index contributed by atoms with van der Waals surface area (Å²) in [6.07, 6.45) is 1.98. The quantitative estimate of drug-likeness (QED) is 0.781. The monoisotopic (exact) mass is 255 g/mol. The fourth-order valence-corrected chi connectivity index (χ4v) is 2.18. The number of aromatic nitrogens is 1. The maximum atomic E-state index is 10.8. The predicted octanol–water partition coefficient (Wildman–Crippen LogP) is 3.29. The summed E-state index contributed by atoms with van der Waals surface area (Å²) >= 11 is 0. The summed E-state index contributed by atoms with van der Waals surface area (Å²) in [6.45, 7) is 2.58. The van der Waals surface area contributed by atoms with Crippen molar-refractivity contribution < 1.29 is 14.3 Å². The summed E-state index contributed by atoms with van der Waals surface area (Å²) in [6, 6.07) is 11.5. The second-order valence-electron chi connectivity index (χ2n) is 4.58. The summed E-state index contributed by atoms with van der Waals surface area (Å²) in [5, 5.41) is 9.99. The van der Waals surface area contributed by atoms with Crippen LogP contribution in [0.4, 0.5) is 0 Å². The Bertz CT molecular complexity index is 752. The van der Waals surface area contributed by atoms with Crippen LogP contribution in [0.3, 0.4) is 0 Å². The standard InChI is InChI=1S/C15H13NO3/c1-10-2-3-11-6-7-16(13(11)8-10)9-12-4-5-14(19-12)15(17)18/h2-8H,9H2,1H3,(H,17,18). The molecule has 1 N–H and O–H groups in total. The minimum absolute atomic E-state index is 0.0253. The first-order chi connectivity index (χ1) is 9.13. The molecular weight excluding hydrogens is 242 g/mol. The molecule has 4 heteroatoms. The van der Waals surface area contributed by atoms with Gasteiger partial charge < -0.3 is 14.1 Å². The van der Waals surface area contributed by atoms with E-state index in [2.05, 4.69) is 18.2 Å². The summed E-state index contributed by atoms with van der Waals surface area (Å²) in [5.41, 5.74) is 2.31. The van der Waals surface area contributed by atoms with Gasteiger partial charge in [-0.3, -0.25) is 0 Å². The topological polar surface area (TPSA) is 55.4 Å². The van der Waals surface area contributed by atoms with Crippen LogP contribution in [0.25, 0.3) is 10.9 Å². The molecule has 3 rings (SSSR count). The lowest BCUT2D eigenvalue weighted by atomic mass is 10.2. The molecule has 2 heterocycles. The second kappa shape index (κ2) is 4.31. The van der Waals surface area contributed by atoms with Crippen molar-refractivity contribution in [3.63, 3.8) is 0 Å². The number of carboxylic acid groups (broad SMARTS) is 1. The molecule has 0 atom stereocenters. The number of hydrogen-bond donors (Lipinski definition) is 1. The van der Waals surface area contributed by atoms with Gasteiger partial charge in [-0.2, -0.15) is 0 Å². The van der Waals surface area contributed by atoms with E-state index in [0.717, 1.165) is 10.9 Å². The fourth-order valence-electron chi connectivity index (χ4n) is 2.18. The molecule has 96 valence electrons. The van der Waals surface area contributed by atoms with Gasteiger partial charge in [0.15, 0.2) is 0 Å². The van der Waals surface area contributed by atoms with Crippen LogP contribution < -0.4 is 0 Å². The van der Waals surface area contributed by atoms with Gasteiger partial charge in [0.2, 0.25) is 5.76 Å². The van der Waals surface area contributed by atoms with Gasteiger partial charge in [0.05, 0.1) is 6.54 Å². The Morgan fingerprint density at radius 3 is 2.84 bits per heavy atom. The fraction of sp³-hybridized carbons (Fsp3) is 0.133. The van der Waals surface area contributed by atoms with Gasteiger partial charge in [-0.15, -0.1) is 0 Å². The molecule has 0 saturated heterocycles. The van der Waals surface area contributed by atoms with Crippen LogP contribution in [0.2, 0.25) is 0 Å². The van der Waals surface area contributed by atoms with Gasteiger partial charge in [0.1, 0.15) is 5.76 Å². The summed E-state index contributed by atoms with van der Waals surface area (Å²) in [4.78, 5) is 10.8. The van der Waals surface area contributed by atoms with E-state index in [1.54, 1.807) is 6.07 Å². The number of nitrogens with zero attached hydrogens (tertiary/aromatic N) is 1. The van der Waals surface area contributed by atoms with Crippen molar-refractivity contribution in [3.05, 3.63) is 59.7 Å². The lowest BCUT2D eigenvalue weighted by Crippen LogP contribution is -1.97.